The van der Waals surface area contributed by atoms with Crippen molar-refractivity contribution in [3.05, 3.63) is 82.0 Å². The van der Waals surface area contributed by atoms with Crippen LogP contribution in [0, 0.1) is 23.5 Å². The van der Waals surface area contributed by atoms with Crippen molar-refractivity contribution in [2.45, 2.75) is 114 Å². The molecule has 3 heteroatoms. The van der Waals surface area contributed by atoms with Crippen LogP contribution in [0.5, 0.6) is 0 Å². The average molecular weight is 645 g/mol. The summed E-state index contributed by atoms with van der Waals surface area (Å²) in [6.07, 6.45) is 7.98. The molecule has 1 atom stereocenters. The van der Waals surface area contributed by atoms with Gasteiger partial charge < -0.3 is 24.8 Å². The van der Waals surface area contributed by atoms with Crippen molar-refractivity contribution in [2.24, 2.45) is 11.3 Å². The maximum atomic E-state index is 3.67. The molecule has 214 valence electrons. The van der Waals surface area contributed by atoms with E-state index in [1.54, 1.807) is 24.2 Å². The molecule has 0 spiro atoms. The quantitative estimate of drug-likeness (QED) is 0.350. The van der Waals surface area contributed by atoms with Gasteiger partial charge >= 0.3 is 41.3 Å². The van der Waals surface area contributed by atoms with Gasteiger partial charge in [0.25, 0.3) is 0 Å². The number of hydrogen-bond donors (Lipinski definition) is 0. The number of hydrogen-bond acceptors (Lipinski definition) is 0. The zero-order valence-corrected chi connectivity index (χ0v) is 30.7. The van der Waals surface area contributed by atoms with Crippen molar-refractivity contribution in [2.75, 3.05) is 0 Å². The summed E-state index contributed by atoms with van der Waals surface area (Å²) in [5.74, 6) is 0.522. The molecule has 2 aromatic carbocycles. The van der Waals surface area contributed by atoms with E-state index >= 15 is 0 Å². The molecule has 0 saturated carbocycles. The van der Waals surface area contributed by atoms with Gasteiger partial charge in [-0.05, 0) is 28.4 Å². The summed E-state index contributed by atoms with van der Waals surface area (Å²) in [5.41, 5.74) is 11.9. The maximum absolute atomic E-state index is 3.67. The minimum atomic E-state index is 0. The van der Waals surface area contributed by atoms with E-state index in [9.17, 15) is 0 Å². The van der Waals surface area contributed by atoms with Gasteiger partial charge in [-0.2, -0.15) is 35.4 Å². The first-order chi connectivity index (χ1) is 16.8. The van der Waals surface area contributed by atoms with Gasteiger partial charge in [-0.1, -0.05) is 118 Å². The number of allylic oxidation sites excluding steroid dienone is 4. The third-order valence-corrected chi connectivity index (χ3v) is 6.77. The van der Waals surface area contributed by atoms with Gasteiger partial charge in [0.05, 0.1) is 0 Å². The van der Waals surface area contributed by atoms with Gasteiger partial charge in [0.1, 0.15) is 0 Å². The molecule has 0 nitrogen and oxygen atoms in total. The van der Waals surface area contributed by atoms with E-state index in [0.717, 1.165) is 12.8 Å². The van der Waals surface area contributed by atoms with E-state index in [1.807, 2.05) is 0 Å². The summed E-state index contributed by atoms with van der Waals surface area (Å²) in [6.45, 7) is 29.1. The van der Waals surface area contributed by atoms with Crippen LogP contribution in [-0.4, -0.2) is 3.21 Å². The summed E-state index contributed by atoms with van der Waals surface area (Å²) >= 11 is 1.55. The van der Waals surface area contributed by atoms with E-state index in [4.69, 9.17) is 0 Å². The summed E-state index contributed by atoms with van der Waals surface area (Å²) in [5, 5.41) is 0. The Labute approximate surface area is 268 Å². The van der Waals surface area contributed by atoms with Crippen molar-refractivity contribution >= 4 is 3.21 Å². The molecule has 0 fully saturated rings. The summed E-state index contributed by atoms with van der Waals surface area (Å²) in [6, 6.07) is 15.2. The van der Waals surface area contributed by atoms with Crippen LogP contribution < -0.4 is 24.8 Å². The second-order valence-corrected chi connectivity index (χ2v) is 16.4. The Hall–Kier alpha value is -0.747. The van der Waals surface area contributed by atoms with Crippen molar-refractivity contribution < 1.29 is 49.0 Å². The minimum Gasteiger partial charge on any atom is -1.00 e. The van der Waals surface area contributed by atoms with Crippen LogP contribution in [0.4, 0.5) is 0 Å². The molecule has 1 unspecified atom stereocenters. The van der Waals surface area contributed by atoms with E-state index in [2.05, 4.69) is 139 Å². The number of halogens is 2. The average Bonchev–Trinajstić information content (AvgIpc) is 3.31. The molecular weight excluding hydrogens is 595 g/mol. The van der Waals surface area contributed by atoms with E-state index < -0.39 is 0 Å². The van der Waals surface area contributed by atoms with Crippen molar-refractivity contribution in [3.63, 3.8) is 0 Å². The second-order valence-electron chi connectivity index (χ2n) is 13.9. The van der Waals surface area contributed by atoms with E-state index in [1.165, 1.54) is 47.7 Å². The first-order valence-electron chi connectivity index (χ1n) is 13.9. The first kappa shape index (κ1) is 38.3. The fourth-order valence-electron chi connectivity index (χ4n) is 4.77. The molecule has 2 aliphatic carbocycles. The fourth-order valence-corrected chi connectivity index (χ4v) is 4.77. The Morgan fingerprint density at radius 1 is 0.846 bits per heavy atom. The summed E-state index contributed by atoms with van der Waals surface area (Å²) < 4.78 is 1.51. The Kier molecular flexibility index (Phi) is 14.7. The zero-order valence-electron chi connectivity index (χ0n) is 26.7. The Balaban J connectivity index is 0.000000687. The first-order valence-corrected chi connectivity index (χ1v) is 15.1. The largest absolute Gasteiger partial charge is 1.00 e. The summed E-state index contributed by atoms with van der Waals surface area (Å²) in [7, 11) is 0. The molecule has 0 saturated heterocycles. The molecule has 39 heavy (non-hydrogen) atoms. The normalized spacial score (nSPS) is 15.6. The number of benzene rings is 2. The van der Waals surface area contributed by atoms with Crippen molar-refractivity contribution in [1.82, 2.24) is 0 Å². The monoisotopic (exact) mass is 642 g/mol. The Morgan fingerprint density at radius 2 is 1.38 bits per heavy atom. The fraction of sp³-hybridized carbons (Fsp3) is 0.528. The van der Waals surface area contributed by atoms with Crippen LogP contribution in [-0.2, 0) is 41.5 Å². The standard InChI is InChI=1S/C21H25.C12H19.C3H6.2ClH.Zr/c1-20(2,3)16-7-9-18-14(12-16)11-15-13-17(21(4,5)6)8-10-19(15)18;1-6-10-7-9(2)8-11(10)12(3,4)5;1-3-2;;;/h7-10,12H,11H2,1-6H3;8-9H,6H2,1-5H3;1-2H3;2*1H;/q2*-1;;;;+2/p-2. The second kappa shape index (κ2) is 14.9. The van der Waals surface area contributed by atoms with Crippen LogP contribution >= 0.6 is 0 Å². The predicted octanol–water partition coefficient (Wildman–Crippen LogP) is 4.15. The maximum Gasteiger partial charge on any atom is -1.00 e. The number of rotatable bonds is 1. The van der Waals surface area contributed by atoms with Gasteiger partial charge in [-0.15, -0.1) is 11.1 Å². The SMILES string of the molecule is CC(C)(C)c1[c-]c2c(cc1)-c1ccc(C(C)(C)C)cc1C2.CCC1=[C-]C(C)C=C1C(C)(C)C.C[C](C)=[Zr+2].[Cl-].[Cl-]. The Morgan fingerprint density at radius 3 is 1.82 bits per heavy atom. The van der Waals surface area contributed by atoms with Crippen molar-refractivity contribution in [1.29, 1.82) is 0 Å². The molecular formula is C36H50Cl2Zr-2. The van der Waals surface area contributed by atoms with E-state index in [0.29, 0.717) is 11.3 Å². The molecule has 2 aromatic rings. The van der Waals surface area contributed by atoms with E-state index in [-0.39, 0.29) is 35.6 Å². The molecule has 0 radical (unpaired) electrons. The zero-order chi connectivity index (χ0) is 28.3. The molecule has 0 aromatic heterocycles. The smallest absolute Gasteiger partial charge is 1.00 e. The topological polar surface area (TPSA) is 0 Å². The van der Waals surface area contributed by atoms with Crippen LogP contribution in [0.15, 0.2) is 47.6 Å². The van der Waals surface area contributed by atoms with Crippen LogP contribution in [0.2, 0.25) is 0 Å². The van der Waals surface area contributed by atoms with Crippen LogP contribution in [0.1, 0.15) is 119 Å². The molecule has 0 N–H and O–H groups in total. The van der Waals surface area contributed by atoms with Gasteiger partial charge in [-0.25, -0.2) is 5.57 Å². The van der Waals surface area contributed by atoms with Crippen molar-refractivity contribution in [3.8, 4) is 11.1 Å². The van der Waals surface area contributed by atoms with Crippen LogP contribution in [0.25, 0.3) is 11.1 Å². The van der Waals surface area contributed by atoms with Gasteiger partial charge in [-0.3, -0.25) is 6.08 Å². The minimum absolute atomic E-state index is 0. The third-order valence-electron chi connectivity index (χ3n) is 6.77. The third kappa shape index (κ3) is 10.9. The summed E-state index contributed by atoms with van der Waals surface area (Å²) in [4.78, 5) is 0. The molecule has 0 amide bonds. The number of fused-ring (bicyclic) bond motifs is 3. The molecule has 4 rings (SSSR count). The molecule has 0 heterocycles. The molecule has 0 aliphatic heterocycles. The molecule has 2 aliphatic rings. The predicted molar refractivity (Wildman–Crippen MR) is 161 cm³/mol. The van der Waals surface area contributed by atoms with Gasteiger partial charge in [0.2, 0.25) is 0 Å². The van der Waals surface area contributed by atoms with Crippen LogP contribution in [0.3, 0.4) is 0 Å². The Bertz CT molecular complexity index is 1110. The molecule has 0 bridgehead atoms. The van der Waals surface area contributed by atoms with Gasteiger partial charge in [0, 0.05) is 0 Å². The van der Waals surface area contributed by atoms with Gasteiger partial charge in [0.15, 0.2) is 0 Å².